The maximum absolute atomic E-state index is 5.53. The number of hydrogen-bond donors (Lipinski definition) is 0. The number of ether oxygens (including phenoxy) is 1. The molecule has 2 rings (SSSR count). The number of hydrogen-bond acceptors (Lipinski definition) is 2. The summed E-state index contributed by atoms with van der Waals surface area (Å²) in [5.74, 6) is 0.990. The normalized spacial score (nSPS) is 10.8. The Labute approximate surface area is 122 Å². The lowest BCUT2D eigenvalue weighted by atomic mass is 9.94. The van der Waals surface area contributed by atoms with Crippen LogP contribution in [0.3, 0.4) is 0 Å². The minimum Gasteiger partial charge on any atom is -0.496 e. The SMILES string of the molecule is COc1ccc(-c2ccccc2)c(C)c1CCN(C)C. The first kappa shape index (κ1) is 14.6. The van der Waals surface area contributed by atoms with Crippen LogP contribution in [0.25, 0.3) is 11.1 Å². The highest BCUT2D eigenvalue weighted by atomic mass is 16.5. The summed E-state index contributed by atoms with van der Waals surface area (Å²) in [4.78, 5) is 2.20. The molecule has 2 nitrogen and oxygen atoms in total. The second-order valence-corrected chi connectivity index (χ2v) is 5.34. The Bertz CT molecular complexity index is 561. The van der Waals surface area contributed by atoms with Gasteiger partial charge in [0.2, 0.25) is 0 Å². The van der Waals surface area contributed by atoms with E-state index in [1.54, 1.807) is 7.11 Å². The average Bonchev–Trinajstić information content (AvgIpc) is 2.46. The van der Waals surface area contributed by atoms with Gasteiger partial charge in [0.25, 0.3) is 0 Å². The highest BCUT2D eigenvalue weighted by Crippen LogP contribution is 2.31. The molecule has 0 spiro atoms. The molecular weight excluding hydrogens is 246 g/mol. The molecule has 0 saturated carbocycles. The lowest BCUT2D eigenvalue weighted by molar-refractivity contribution is 0.391. The molecule has 0 N–H and O–H groups in total. The van der Waals surface area contributed by atoms with Crippen LogP contribution >= 0.6 is 0 Å². The van der Waals surface area contributed by atoms with E-state index in [0.29, 0.717) is 0 Å². The molecule has 0 bridgehead atoms. The molecule has 0 unspecified atom stereocenters. The summed E-state index contributed by atoms with van der Waals surface area (Å²) >= 11 is 0. The first-order valence-corrected chi connectivity index (χ1v) is 7.00. The van der Waals surface area contributed by atoms with Crippen molar-refractivity contribution in [2.24, 2.45) is 0 Å². The number of likely N-dealkylation sites (N-methyl/N-ethyl adjacent to an activating group) is 1. The quantitative estimate of drug-likeness (QED) is 0.819. The summed E-state index contributed by atoms with van der Waals surface area (Å²) in [7, 11) is 5.95. The molecule has 106 valence electrons. The summed E-state index contributed by atoms with van der Waals surface area (Å²) in [5.41, 5.74) is 5.18. The predicted octanol–water partition coefficient (Wildman–Crippen LogP) is 3.77. The smallest absolute Gasteiger partial charge is 0.122 e. The number of methoxy groups -OCH3 is 1. The first-order valence-electron chi connectivity index (χ1n) is 7.00. The van der Waals surface area contributed by atoms with Crippen molar-refractivity contribution in [3.8, 4) is 16.9 Å². The van der Waals surface area contributed by atoms with Crippen molar-refractivity contribution in [2.45, 2.75) is 13.3 Å². The molecule has 0 aliphatic rings. The average molecular weight is 269 g/mol. The van der Waals surface area contributed by atoms with Crippen LogP contribution in [-0.4, -0.2) is 32.6 Å². The summed E-state index contributed by atoms with van der Waals surface area (Å²) in [5, 5.41) is 0. The third kappa shape index (κ3) is 3.20. The Kier molecular flexibility index (Phi) is 4.80. The van der Waals surface area contributed by atoms with Crippen LogP contribution in [0.4, 0.5) is 0 Å². The van der Waals surface area contributed by atoms with Gasteiger partial charge in [-0.1, -0.05) is 36.4 Å². The van der Waals surface area contributed by atoms with Gasteiger partial charge in [-0.25, -0.2) is 0 Å². The van der Waals surface area contributed by atoms with Crippen LogP contribution in [0.5, 0.6) is 5.75 Å². The van der Waals surface area contributed by atoms with Gasteiger partial charge in [0.1, 0.15) is 5.75 Å². The second-order valence-electron chi connectivity index (χ2n) is 5.34. The fraction of sp³-hybridized carbons (Fsp3) is 0.333. The van der Waals surface area contributed by atoms with Crippen LogP contribution in [0.2, 0.25) is 0 Å². The van der Waals surface area contributed by atoms with Crippen molar-refractivity contribution in [2.75, 3.05) is 27.7 Å². The van der Waals surface area contributed by atoms with Gasteiger partial charge in [0.15, 0.2) is 0 Å². The van der Waals surface area contributed by atoms with Gasteiger partial charge in [0.05, 0.1) is 7.11 Å². The van der Waals surface area contributed by atoms with Crippen molar-refractivity contribution in [1.82, 2.24) is 4.90 Å². The van der Waals surface area contributed by atoms with Crippen LogP contribution in [0, 0.1) is 6.92 Å². The van der Waals surface area contributed by atoms with Gasteiger partial charge in [0, 0.05) is 6.54 Å². The lowest BCUT2D eigenvalue weighted by Crippen LogP contribution is -2.16. The van der Waals surface area contributed by atoms with Crippen LogP contribution in [-0.2, 0) is 6.42 Å². The Morgan fingerprint density at radius 2 is 1.70 bits per heavy atom. The van der Waals surface area contributed by atoms with E-state index in [1.165, 1.54) is 22.3 Å². The molecule has 20 heavy (non-hydrogen) atoms. The highest BCUT2D eigenvalue weighted by Gasteiger charge is 2.12. The molecule has 2 heteroatoms. The van der Waals surface area contributed by atoms with E-state index in [4.69, 9.17) is 4.74 Å². The van der Waals surface area contributed by atoms with Gasteiger partial charge >= 0.3 is 0 Å². The number of nitrogens with zero attached hydrogens (tertiary/aromatic N) is 1. The zero-order chi connectivity index (χ0) is 14.5. The van der Waals surface area contributed by atoms with Crippen LogP contribution in [0.1, 0.15) is 11.1 Å². The monoisotopic (exact) mass is 269 g/mol. The first-order chi connectivity index (χ1) is 9.63. The topological polar surface area (TPSA) is 12.5 Å². The molecule has 0 aliphatic heterocycles. The van der Waals surface area contributed by atoms with Crippen LogP contribution in [0.15, 0.2) is 42.5 Å². The zero-order valence-electron chi connectivity index (χ0n) is 12.8. The lowest BCUT2D eigenvalue weighted by Gasteiger charge is -2.17. The standard InChI is InChI=1S/C18H23NO/c1-14-16(15-8-6-5-7-9-15)10-11-18(20-4)17(14)12-13-19(2)3/h5-11H,12-13H2,1-4H3. The Morgan fingerprint density at radius 3 is 2.30 bits per heavy atom. The predicted molar refractivity (Wildman–Crippen MR) is 85.4 cm³/mol. The summed E-state index contributed by atoms with van der Waals surface area (Å²) in [6.45, 7) is 3.21. The molecule has 0 radical (unpaired) electrons. The van der Waals surface area contributed by atoms with E-state index in [2.05, 4.69) is 68.4 Å². The van der Waals surface area contributed by atoms with Crippen molar-refractivity contribution in [1.29, 1.82) is 0 Å². The summed E-state index contributed by atoms with van der Waals surface area (Å²) < 4.78 is 5.53. The third-order valence-corrected chi connectivity index (χ3v) is 3.67. The van der Waals surface area contributed by atoms with Crippen molar-refractivity contribution in [3.05, 3.63) is 53.6 Å². The fourth-order valence-corrected chi connectivity index (χ4v) is 2.50. The van der Waals surface area contributed by atoms with Gasteiger partial charge in [-0.05, 0) is 55.8 Å². The highest BCUT2D eigenvalue weighted by molar-refractivity contribution is 5.70. The van der Waals surface area contributed by atoms with E-state index in [-0.39, 0.29) is 0 Å². The molecule has 0 aromatic heterocycles. The Hall–Kier alpha value is -1.80. The third-order valence-electron chi connectivity index (χ3n) is 3.67. The Morgan fingerprint density at radius 1 is 1.00 bits per heavy atom. The molecular formula is C18H23NO. The van der Waals surface area contributed by atoms with Crippen molar-refractivity contribution < 1.29 is 4.74 Å². The van der Waals surface area contributed by atoms with Crippen LogP contribution < -0.4 is 4.74 Å². The molecule has 2 aromatic rings. The molecule has 0 fully saturated rings. The van der Waals surface area contributed by atoms with E-state index < -0.39 is 0 Å². The summed E-state index contributed by atoms with van der Waals surface area (Å²) in [6, 6.07) is 14.8. The number of benzene rings is 2. The fourth-order valence-electron chi connectivity index (χ4n) is 2.50. The second kappa shape index (κ2) is 6.58. The molecule has 0 saturated heterocycles. The Balaban J connectivity index is 2.43. The molecule has 0 aliphatic carbocycles. The molecule has 0 heterocycles. The van der Waals surface area contributed by atoms with E-state index in [9.17, 15) is 0 Å². The van der Waals surface area contributed by atoms with Gasteiger partial charge < -0.3 is 9.64 Å². The minimum absolute atomic E-state index is 0.990. The largest absolute Gasteiger partial charge is 0.496 e. The van der Waals surface area contributed by atoms with Gasteiger partial charge in [-0.2, -0.15) is 0 Å². The van der Waals surface area contributed by atoms with Crippen molar-refractivity contribution >= 4 is 0 Å². The van der Waals surface area contributed by atoms with Crippen molar-refractivity contribution in [3.63, 3.8) is 0 Å². The minimum atomic E-state index is 0.990. The van der Waals surface area contributed by atoms with Gasteiger partial charge in [-0.3, -0.25) is 0 Å². The van der Waals surface area contributed by atoms with E-state index in [1.807, 2.05) is 0 Å². The van der Waals surface area contributed by atoms with E-state index >= 15 is 0 Å². The maximum atomic E-state index is 5.53. The zero-order valence-corrected chi connectivity index (χ0v) is 12.8. The molecule has 2 aromatic carbocycles. The molecule has 0 atom stereocenters. The number of rotatable bonds is 5. The summed E-state index contributed by atoms with van der Waals surface area (Å²) in [6.07, 6.45) is 1.00. The maximum Gasteiger partial charge on any atom is 0.122 e. The van der Waals surface area contributed by atoms with Gasteiger partial charge in [-0.15, -0.1) is 0 Å². The van der Waals surface area contributed by atoms with E-state index in [0.717, 1.165) is 18.7 Å². The molecule has 0 amide bonds.